The van der Waals surface area contributed by atoms with Gasteiger partial charge in [-0.05, 0) is 36.9 Å². The van der Waals surface area contributed by atoms with Crippen LogP contribution in [0.2, 0.25) is 0 Å². The van der Waals surface area contributed by atoms with Crippen molar-refractivity contribution in [2.45, 2.75) is 12.6 Å². The molecule has 0 saturated heterocycles. The van der Waals surface area contributed by atoms with E-state index in [0.29, 0.717) is 13.2 Å². The Morgan fingerprint density at radius 3 is 2.43 bits per heavy atom. The van der Waals surface area contributed by atoms with E-state index >= 15 is 0 Å². The largest absolute Gasteiger partial charge is 0.491 e. The molecule has 23 heavy (non-hydrogen) atoms. The Bertz CT molecular complexity index is 587. The highest BCUT2D eigenvalue weighted by Crippen LogP contribution is 2.15. The first-order chi connectivity index (χ1) is 11.0. The van der Waals surface area contributed by atoms with Gasteiger partial charge in [-0.25, -0.2) is 0 Å². The molecule has 0 saturated carbocycles. The van der Waals surface area contributed by atoms with E-state index in [1.807, 2.05) is 51.5 Å². The first-order valence-electron chi connectivity index (χ1n) is 7.85. The zero-order valence-corrected chi connectivity index (χ0v) is 14.1. The smallest absolute Gasteiger partial charge is 0.119 e. The van der Waals surface area contributed by atoms with Crippen LogP contribution in [0, 0.1) is 0 Å². The van der Waals surface area contributed by atoms with Crippen molar-refractivity contribution in [2.24, 2.45) is 0 Å². The fraction of sp³-hybridized carbons (Fsp3) is 0.368. The standard InChI is InChI=1S/C19H26N2O2/c1-20(2)17-9-7-8-16(12-17)13-21(3)14-18(22)15-23-19-10-5-4-6-11-19/h4-12,18,22H,13-15H2,1-3H3. The molecule has 0 aliphatic rings. The Balaban J connectivity index is 1.79. The molecule has 0 radical (unpaired) electrons. The Kier molecular flexibility index (Phi) is 6.44. The third-order valence-corrected chi connectivity index (χ3v) is 3.59. The fourth-order valence-corrected chi connectivity index (χ4v) is 2.43. The molecule has 4 heteroatoms. The van der Waals surface area contributed by atoms with Crippen LogP contribution in [0.5, 0.6) is 5.75 Å². The molecule has 0 fully saturated rings. The number of nitrogens with zero attached hydrogens (tertiary/aromatic N) is 2. The van der Waals surface area contributed by atoms with Crippen LogP contribution < -0.4 is 9.64 Å². The molecule has 0 heterocycles. The highest BCUT2D eigenvalue weighted by atomic mass is 16.5. The van der Waals surface area contributed by atoms with E-state index in [0.717, 1.165) is 12.3 Å². The molecule has 1 atom stereocenters. The zero-order chi connectivity index (χ0) is 16.7. The van der Waals surface area contributed by atoms with Gasteiger partial charge in [0.1, 0.15) is 18.5 Å². The third-order valence-electron chi connectivity index (χ3n) is 3.59. The Labute approximate surface area is 138 Å². The summed E-state index contributed by atoms with van der Waals surface area (Å²) in [5.74, 6) is 0.785. The minimum atomic E-state index is -0.516. The number of aliphatic hydroxyl groups is 1. The molecule has 0 aromatic heterocycles. The van der Waals surface area contributed by atoms with Gasteiger partial charge >= 0.3 is 0 Å². The molecule has 2 rings (SSSR count). The zero-order valence-electron chi connectivity index (χ0n) is 14.1. The van der Waals surface area contributed by atoms with Gasteiger partial charge in [0.25, 0.3) is 0 Å². The number of ether oxygens (including phenoxy) is 1. The molecular formula is C19H26N2O2. The highest BCUT2D eigenvalue weighted by Gasteiger charge is 2.10. The molecule has 0 aliphatic heterocycles. The van der Waals surface area contributed by atoms with Crippen molar-refractivity contribution in [3.63, 3.8) is 0 Å². The molecule has 1 N–H and O–H groups in total. The average Bonchev–Trinajstić information content (AvgIpc) is 2.54. The van der Waals surface area contributed by atoms with Crippen LogP contribution in [0.3, 0.4) is 0 Å². The first-order valence-corrected chi connectivity index (χ1v) is 7.85. The monoisotopic (exact) mass is 314 g/mol. The number of hydrogen-bond donors (Lipinski definition) is 1. The maximum atomic E-state index is 10.1. The first kappa shape index (κ1) is 17.3. The molecule has 0 bridgehead atoms. The highest BCUT2D eigenvalue weighted by molar-refractivity contribution is 5.47. The Hall–Kier alpha value is -2.04. The van der Waals surface area contributed by atoms with Crippen molar-refractivity contribution < 1.29 is 9.84 Å². The van der Waals surface area contributed by atoms with Crippen LogP contribution >= 0.6 is 0 Å². The van der Waals surface area contributed by atoms with Crippen LogP contribution in [-0.4, -0.2) is 50.4 Å². The third kappa shape index (κ3) is 5.93. The summed E-state index contributed by atoms with van der Waals surface area (Å²) in [5.41, 5.74) is 2.42. The number of likely N-dealkylation sites (N-methyl/N-ethyl adjacent to an activating group) is 1. The van der Waals surface area contributed by atoms with Crippen molar-refractivity contribution in [3.8, 4) is 5.75 Å². The van der Waals surface area contributed by atoms with Crippen LogP contribution in [0.25, 0.3) is 0 Å². The number of anilines is 1. The summed E-state index contributed by atoms with van der Waals surface area (Å²) < 4.78 is 5.59. The van der Waals surface area contributed by atoms with Gasteiger partial charge in [-0.3, -0.25) is 4.90 Å². The summed E-state index contributed by atoms with van der Waals surface area (Å²) in [6.07, 6.45) is -0.516. The van der Waals surface area contributed by atoms with Crippen molar-refractivity contribution in [1.29, 1.82) is 0 Å². The van der Waals surface area contributed by atoms with Gasteiger partial charge in [0, 0.05) is 32.9 Å². The second kappa shape index (κ2) is 8.56. The van der Waals surface area contributed by atoms with Crippen LogP contribution in [0.15, 0.2) is 54.6 Å². The summed E-state index contributed by atoms with van der Waals surface area (Å²) >= 11 is 0. The van der Waals surface area contributed by atoms with E-state index in [1.54, 1.807) is 0 Å². The van der Waals surface area contributed by atoms with Crippen LogP contribution in [0.4, 0.5) is 5.69 Å². The maximum absolute atomic E-state index is 10.1. The Morgan fingerprint density at radius 2 is 1.74 bits per heavy atom. The van der Waals surface area contributed by atoms with Gasteiger partial charge in [-0.1, -0.05) is 30.3 Å². The molecule has 0 aliphatic carbocycles. The molecule has 2 aromatic rings. The van der Waals surface area contributed by atoms with E-state index in [4.69, 9.17) is 4.74 Å². The molecule has 0 amide bonds. The normalized spacial score (nSPS) is 12.2. The van der Waals surface area contributed by atoms with E-state index < -0.39 is 6.10 Å². The quantitative estimate of drug-likeness (QED) is 0.812. The SMILES string of the molecule is CN(Cc1cccc(N(C)C)c1)CC(O)COc1ccccc1. The maximum Gasteiger partial charge on any atom is 0.119 e. The fourth-order valence-electron chi connectivity index (χ4n) is 2.43. The van der Waals surface area contributed by atoms with E-state index in [1.165, 1.54) is 11.3 Å². The summed E-state index contributed by atoms with van der Waals surface area (Å²) in [6.45, 7) is 1.66. The predicted octanol–water partition coefficient (Wildman–Crippen LogP) is 2.62. The lowest BCUT2D eigenvalue weighted by molar-refractivity contribution is 0.0744. The Morgan fingerprint density at radius 1 is 1.00 bits per heavy atom. The van der Waals surface area contributed by atoms with Crippen molar-refractivity contribution in [3.05, 3.63) is 60.2 Å². The lowest BCUT2D eigenvalue weighted by atomic mass is 10.2. The van der Waals surface area contributed by atoms with Crippen molar-refractivity contribution >= 4 is 5.69 Å². The molecular weight excluding hydrogens is 288 g/mol. The number of rotatable bonds is 8. The van der Waals surface area contributed by atoms with Crippen LogP contribution in [-0.2, 0) is 6.54 Å². The summed E-state index contributed by atoms with van der Waals surface area (Å²) in [6, 6.07) is 18.0. The average molecular weight is 314 g/mol. The molecule has 4 nitrogen and oxygen atoms in total. The van der Waals surface area contributed by atoms with E-state index in [2.05, 4.69) is 34.1 Å². The van der Waals surface area contributed by atoms with Gasteiger partial charge in [-0.2, -0.15) is 0 Å². The van der Waals surface area contributed by atoms with Gasteiger partial charge in [-0.15, -0.1) is 0 Å². The number of benzene rings is 2. The minimum Gasteiger partial charge on any atom is -0.491 e. The van der Waals surface area contributed by atoms with E-state index in [9.17, 15) is 5.11 Å². The topological polar surface area (TPSA) is 35.9 Å². The molecule has 0 spiro atoms. The number of para-hydroxylation sites is 1. The van der Waals surface area contributed by atoms with Gasteiger partial charge in [0.15, 0.2) is 0 Å². The van der Waals surface area contributed by atoms with Crippen molar-refractivity contribution in [1.82, 2.24) is 4.90 Å². The lowest BCUT2D eigenvalue weighted by Crippen LogP contribution is -2.32. The van der Waals surface area contributed by atoms with Gasteiger partial charge < -0.3 is 14.7 Å². The second-order valence-corrected chi connectivity index (χ2v) is 6.04. The number of hydrogen-bond acceptors (Lipinski definition) is 4. The van der Waals surface area contributed by atoms with Gasteiger partial charge in [0.05, 0.1) is 0 Å². The second-order valence-electron chi connectivity index (χ2n) is 6.04. The molecule has 2 aromatic carbocycles. The molecule has 124 valence electrons. The minimum absolute atomic E-state index is 0.298. The van der Waals surface area contributed by atoms with Crippen molar-refractivity contribution in [2.75, 3.05) is 39.2 Å². The lowest BCUT2D eigenvalue weighted by Gasteiger charge is -2.21. The predicted molar refractivity (Wildman–Crippen MR) is 95.0 cm³/mol. The summed E-state index contributed by atoms with van der Waals surface area (Å²) in [7, 11) is 6.08. The summed E-state index contributed by atoms with van der Waals surface area (Å²) in [5, 5.41) is 10.1. The molecule has 1 unspecified atom stereocenters. The summed E-state index contributed by atoms with van der Waals surface area (Å²) in [4.78, 5) is 4.19. The van der Waals surface area contributed by atoms with Crippen LogP contribution in [0.1, 0.15) is 5.56 Å². The number of aliphatic hydroxyl groups excluding tert-OH is 1. The van der Waals surface area contributed by atoms with E-state index in [-0.39, 0.29) is 0 Å². The van der Waals surface area contributed by atoms with Gasteiger partial charge in [0.2, 0.25) is 0 Å².